The van der Waals surface area contributed by atoms with E-state index in [1.54, 1.807) is 0 Å². The molecule has 0 N–H and O–H groups in total. The van der Waals surface area contributed by atoms with Gasteiger partial charge in [-0.3, -0.25) is 0 Å². The van der Waals surface area contributed by atoms with Crippen LogP contribution in [0.5, 0.6) is 0 Å². The fourth-order valence-corrected chi connectivity index (χ4v) is 4.75. The van der Waals surface area contributed by atoms with Gasteiger partial charge >= 0.3 is 0 Å². The van der Waals surface area contributed by atoms with Gasteiger partial charge in [0.2, 0.25) is 0 Å². The Morgan fingerprint density at radius 2 is 1.06 bits per heavy atom. The van der Waals surface area contributed by atoms with Crippen molar-refractivity contribution >= 4 is 32.1 Å². The van der Waals surface area contributed by atoms with Crippen LogP contribution >= 0.6 is 21.5 Å². The van der Waals surface area contributed by atoms with Gasteiger partial charge in [0.15, 0.2) is 15.5 Å². The Kier molecular flexibility index (Phi) is 5.17. The molecule has 0 nitrogen and oxygen atoms in total. The highest BCUT2D eigenvalue weighted by Crippen LogP contribution is 2.60. The van der Waals surface area contributed by atoms with E-state index in [4.69, 9.17) is 0 Å². The molecule has 0 fully saturated rings. The molecule has 16 heavy (non-hydrogen) atoms. The highest BCUT2D eigenvalue weighted by atomic mass is 79.9. The maximum absolute atomic E-state index is 3.91. The van der Waals surface area contributed by atoms with Gasteiger partial charge in [0.05, 0.1) is 6.66 Å². The minimum absolute atomic E-state index is 0. The molecule has 0 unspecified atom stereocenters. The van der Waals surface area contributed by atoms with Crippen LogP contribution in [0.2, 0.25) is 0 Å². The molecule has 3 heteroatoms. The molecule has 0 radical (unpaired) electrons. The lowest BCUT2D eigenvalue weighted by atomic mass is 10.4. The van der Waals surface area contributed by atoms with Crippen molar-refractivity contribution in [2.45, 2.75) is 0 Å². The monoisotopic (exact) mass is 358 g/mol. The van der Waals surface area contributed by atoms with Crippen LogP contribution in [-0.2, 0) is 0 Å². The van der Waals surface area contributed by atoms with Crippen LogP contribution in [0.1, 0.15) is 0 Å². The Labute approximate surface area is 116 Å². The van der Waals surface area contributed by atoms with Crippen molar-refractivity contribution in [1.29, 1.82) is 0 Å². The molecule has 0 heterocycles. The summed E-state index contributed by atoms with van der Waals surface area (Å²) in [7, 11) is 0. The summed E-state index contributed by atoms with van der Waals surface area (Å²) in [5, 5.41) is 2.77. The maximum Gasteiger partial charge on any atom is 0.150 e. The highest BCUT2D eigenvalue weighted by molar-refractivity contribution is 9.43. The molecule has 0 saturated heterocycles. The van der Waals surface area contributed by atoms with Gasteiger partial charge in [-0.2, -0.15) is 0 Å². The van der Waals surface area contributed by atoms with E-state index in [9.17, 15) is 0 Å². The van der Waals surface area contributed by atoms with Crippen molar-refractivity contribution in [3.8, 4) is 0 Å². The zero-order valence-corrected chi connectivity index (χ0v) is 13.0. The van der Waals surface area contributed by atoms with E-state index in [-0.39, 0.29) is 17.0 Å². The van der Waals surface area contributed by atoms with Crippen molar-refractivity contribution < 1.29 is 17.0 Å². The lowest BCUT2D eigenvalue weighted by Crippen LogP contribution is -3.00. The first kappa shape index (κ1) is 13.9. The normalized spacial score (nSPS) is 10.6. The Balaban J connectivity index is 0.00000128. The molecule has 84 valence electrons. The summed E-state index contributed by atoms with van der Waals surface area (Å²) >= 11 is 3.91. The summed E-state index contributed by atoms with van der Waals surface area (Å²) in [6, 6.07) is 21.3. The van der Waals surface area contributed by atoms with Crippen LogP contribution in [0.4, 0.5) is 0 Å². The third-order valence-electron chi connectivity index (χ3n) is 2.48. The molecule has 0 aliphatic heterocycles. The molecule has 0 aromatic heterocycles. The van der Waals surface area contributed by atoms with E-state index in [0.717, 1.165) is 0 Å². The van der Waals surface area contributed by atoms with E-state index >= 15 is 0 Å². The third kappa shape index (κ3) is 2.94. The van der Waals surface area contributed by atoms with Crippen LogP contribution in [-0.4, -0.2) is 6.66 Å². The summed E-state index contributed by atoms with van der Waals surface area (Å²) < 4.78 is 0. The number of rotatable bonds is 2. The standard InChI is InChI=1S/C13H13BrP.BrH/c1-15(14,12-8-4-2-5-9-12)13-10-6-3-7-11-13;/h2-11H,1H3;1H/q+1;/p-1. The van der Waals surface area contributed by atoms with Crippen LogP contribution in [0, 0.1) is 0 Å². The number of benzene rings is 2. The average molecular weight is 360 g/mol. The second kappa shape index (κ2) is 5.95. The zero-order valence-electron chi connectivity index (χ0n) is 8.98. The van der Waals surface area contributed by atoms with Crippen molar-refractivity contribution in [1.82, 2.24) is 0 Å². The van der Waals surface area contributed by atoms with Gasteiger partial charge in [0.25, 0.3) is 0 Å². The van der Waals surface area contributed by atoms with Crippen LogP contribution in [0.3, 0.4) is 0 Å². The Morgan fingerprint density at radius 1 is 0.750 bits per heavy atom. The Bertz CT molecular complexity index is 385. The van der Waals surface area contributed by atoms with E-state index < -0.39 is 5.96 Å². The van der Waals surface area contributed by atoms with E-state index in [0.29, 0.717) is 0 Å². The molecular formula is C13H13Br2P. The first-order chi connectivity index (χ1) is 7.21. The van der Waals surface area contributed by atoms with Gasteiger partial charge in [-0.25, -0.2) is 0 Å². The molecule has 2 rings (SSSR count). The van der Waals surface area contributed by atoms with Gasteiger partial charge in [-0.15, -0.1) is 0 Å². The highest BCUT2D eigenvalue weighted by Gasteiger charge is 2.34. The van der Waals surface area contributed by atoms with Crippen LogP contribution in [0.15, 0.2) is 60.7 Å². The fourth-order valence-electron chi connectivity index (χ4n) is 1.56. The summed E-state index contributed by atoms with van der Waals surface area (Å²) in [5.41, 5.74) is 0. The predicted molar refractivity (Wildman–Crippen MR) is 73.9 cm³/mol. The van der Waals surface area contributed by atoms with Crippen molar-refractivity contribution in [3.63, 3.8) is 0 Å². The first-order valence-electron chi connectivity index (χ1n) is 4.88. The van der Waals surface area contributed by atoms with Gasteiger partial charge in [-0.05, 0) is 24.3 Å². The SMILES string of the molecule is C[P+](Br)(c1ccccc1)c1ccccc1.[Br-]. The Hall–Kier alpha value is -0.170. The molecule has 0 spiro atoms. The van der Waals surface area contributed by atoms with Crippen molar-refractivity contribution in [2.24, 2.45) is 0 Å². The summed E-state index contributed by atoms with van der Waals surface area (Å²) in [6.07, 6.45) is 0. The van der Waals surface area contributed by atoms with Crippen LogP contribution in [0.25, 0.3) is 0 Å². The van der Waals surface area contributed by atoms with Gasteiger partial charge in [0, 0.05) is 0 Å². The van der Waals surface area contributed by atoms with E-state index in [1.165, 1.54) is 10.6 Å². The van der Waals surface area contributed by atoms with Crippen molar-refractivity contribution in [3.05, 3.63) is 60.7 Å². The van der Waals surface area contributed by atoms with Gasteiger partial charge < -0.3 is 17.0 Å². The number of hydrogen-bond acceptors (Lipinski definition) is 0. The largest absolute Gasteiger partial charge is 1.00 e. The minimum atomic E-state index is -1.33. The van der Waals surface area contributed by atoms with Crippen LogP contribution < -0.4 is 27.6 Å². The average Bonchev–Trinajstić information content (AvgIpc) is 2.31. The Morgan fingerprint density at radius 3 is 1.38 bits per heavy atom. The number of halogens is 2. The lowest BCUT2D eigenvalue weighted by Gasteiger charge is -2.13. The summed E-state index contributed by atoms with van der Waals surface area (Å²) in [5.74, 6) is -1.33. The predicted octanol–water partition coefficient (Wildman–Crippen LogP) is 0.599. The molecule has 0 bridgehead atoms. The van der Waals surface area contributed by atoms with Gasteiger partial charge in [0.1, 0.15) is 16.6 Å². The second-order valence-corrected chi connectivity index (χ2v) is 10.7. The summed E-state index contributed by atoms with van der Waals surface area (Å²) in [6.45, 7) is 2.29. The molecule has 2 aromatic rings. The quantitative estimate of drug-likeness (QED) is 0.689. The lowest BCUT2D eigenvalue weighted by molar-refractivity contribution is -0.00000284. The second-order valence-electron chi connectivity index (χ2n) is 3.57. The molecule has 0 amide bonds. The molecule has 0 aliphatic rings. The van der Waals surface area contributed by atoms with E-state index in [2.05, 4.69) is 82.8 Å². The first-order valence-corrected chi connectivity index (χ1v) is 9.14. The van der Waals surface area contributed by atoms with Crippen molar-refractivity contribution in [2.75, 3.05) is 6.66 Å². The molecule has 0 atom stereocenters. The molecule has 2 aromatic carbocycles. The third-order valence-corrected chi connectivity index (χ3v) is 7.48. The smallest absolute Gasteiger partial charge is 0.150 e. The zero-order chi connectivity index (χ0) is 10.7. The topological polar surface area (TPSA) is 0 Å². The maximum atomic E-state index is 3.91. The molecule has 0 saturated carbocycles. The van der Waals surface area contributed by atoms with E-state index in [1.807, 2.05) is 0 Å². The number of hydrogen-bond donors (Lipinski definition) is 0. The molecule has 0 aliphatic carbocycles. The van der Waals surface area contributed by atoms with Gasteiger partial charge in [-0.1, -0.05) is 36.4 Å². The minimum Gasteiger partial charge on any atom is -1.00 e. The summed E-state index contributed by atoms with van der Waals surface area (Å²) in [4.78, 5) is 0. The molecular weight excluding hydrogens is 347 g/mol. The fraction of sp³-hybridized carbons (Fsp3) is 0.0769.